The molecule has 3 rings (SSSR count). The van der Waals surface area contributed by atoms with Gasteiger partial charge in [-0.05, 0) is 43.0 Å². The van der Waals surface area contributed by atoms with E-state index >= 15 is 0 Å². The summed E-state index contributed by atoms with van der Waals surface area (Å²) in [5, 5.41) is 3.58. The zero-order chi connectivity index (χ0) is 17.5. The quantitative estimate of drug-likeness (QED) is 0.875. The summed E-state index contributed by atoms with van der Waals surface area (Å²) in [4.78, 5) is 14.2. The average molecular weight is 338 g/mol. The minimum atomic E-state index is 0.0879. The van der Waals surface area contributed by atoms with Gasteiger partial charge in [0.15, 0.2) is 0 Å². The number of rotatable bonds is 6. The van der Waals surface area contributed by atoms with Gasteiger partial charge in [0.05, 0.1) is 6.61 Å². The predicted octanol–water partition coefficient (Wildman–Crippen LogP) is 3.61. The van der Waals surface area contributed by atoms with Crippen LogP contribution in [0.3, 0.4) is 0 Å². The number of aryl methyl sites for hydroxylation is 1. The van der Waals surface area contributed by atoms with Crippen LogP contribution in [0.1, 0.15) is 24.0 Å². The van der Waals surface area contributed by atoms with Crippen LogP contribution in [0.15, 0.2) is 54.6 Å². The van der Waals surface area contributed by atoms with Gasteiger partial charge in [-0.3, -0.25) is 4.79 Å². The van der Waals surface area contributed by atoms with Crippen LogP contribution in [0.2, 0.25) is 0 Å². The Kier molecular flexibility index (Phi) is 6.07. The van der Waals surface area contributed by atoms with Crippen molar-refractivity contribution in [3.05, 3.63) is 65.7 Å². The third-order valence-electron chi connectivity index (χ3n) is 4.57. The number of carbonyl (C=O) groups is 1. The van der Waals surface area contributed by atoms with Crippen LogP contribution in [-0.2, 0) is 16.1 Å². The Morgan fingerprint density at radius 1 is 1.12 bits per heavy atom. The Morgan fingerprint density at radius 2 is 1.88 bits per heavy atom. The van der Waals surface area contributed by atoms with Crippen LogP contribution >= 0.6 is 0 Å². The van der Waals surface area contributed by atoms with Crippen LogP contribution in [-0.4, -0.2) is 36.5 Å². The minimum Gasteiger partial charge on any atom is -0.382 e. The molecule has 0 radical (unpaired) electrons. The van der Waals surface area contributed by atoms with Crippen molar-refractivity contribution in [3.8, 4) is 0 Å². The third kappa shape index (κ3) is 5.33. The maximum absolute atomic E-state index is 12.3. The second-order valence-corrected chi connectivity index (χ2v) is 6.65. The SMILES string of the molecule is Cc1cccc(NC2CCN(C(=O)COCc3ccccc3)CC2)c1. The van der Waals surface area contributed by atoms with Crippen molar-refractivity contribution in [1.82, 2.24) is 4.90 Å². The fourth-order valence-electron chi connectivity index (χ4n) is 3.17. The number of carbonyl (C=O) groups excluding carboxylic acids is 1. The highest BCUT2D eigenvalue weighted by molar-refractivity contribution is 5.77. The molecule has 0 atom stereocenters. The van der Waals surface area contributed by atoms with Crippen molar-refractivity contribution in [3.63, 3.8) is 0 Å². The maximum atomic E-state index is 12.3. The van der Waals surface area contributed by atoms with Gasteiger partial charge in [-0.15, -0.1) is 0 Å². The molecule has 1 aliphatic rings. The molecule has 1 saturated heterocycles. The minimum absolute atomic E-state index is 0.0879. The van der Waals surface area contributed by atoms with Gasteiger partial charge in [0.1, 0.15) is 6.61 Å². The molecule has 1 aliphatic heterocycles. The van der Waals surface area contributed by atoms with E-state index in [9.17, 15) is 4.79 Å². The highest BCUT2D eigenvalue weighted by Crippen LogP contribution is 2.17. The summed E-state index contributed by atoms with van der Waals surface area (Å²) in [5.41, 5.74) is 3.51. The molecule has 1 N–H and O–H groups in total. The number of hydrogen-bond donors (Lipinski definition) is 1. The van der Waals surface area contributed by atoms with E-state index in [1.807, 2.05) is 35.2 Å². The van der Waals surface area contributed by atoms with Crippen molar-refractivity contribution in [2.75, 3.05) is 25.0 Å². The van der Waals surface area contributed by atoms with Gasteiger partial charge in [0.25, 0.3) is 0 Å². The topological polar surface area (TPSA) is 41.6 Å². The summed E-state index contributed by atoms with van der Waals surface area (Å²) in [6.07, 6.45) is 1.94. The van der Waals surface area contributed by atoms with Crippen LogP contribution in [0.25, 0.3) is 0 Å². The molecular weight excluding hydrogens is 312 g/mol. The number of hydrogen-bond acceptors (Lipinski definition) is 3. The molecule has 0 unspecified atom stereocenters. The molecule has 1 amide bonds. The van der Waals surface area contributed by atoms with Crippen molar-refractivity contribution in [2.24, 2.45) is 0 Å². The number of nitrogens with one attached hydrogen (secondary N) is 1. The maximum Gasteiger partial charge on any atom is 0.248 e. The number of ether oxygens (including phenoxy) is 1. The zero-order valence-electron chi connectivity index (χ0n) is 14.8. The van der Waals surface area contributed by atoms with Crippen molar-refractivity contribution in [2.45, 2.75) is 32.4 Å². The lowest BCUT2D eigenvalue weighted by atomic mass is 10.0. The smallest absolute Gasteiger partial charge is 0.248 e. The number of benzene rings is 2. The summed E-state index contributed by atoms with van der Waals surface area (Å²) in [5.74, 6) is 0.0879. The van der Waals surface area contributed by atoms with Gasteiger partial charge in [-0.2, -0.15) is 0 Å². The first-order valence-electron chi connectivity index (χ1n) is 8.93. The average Bonchev–Trinajstić information content (AvgIpc) is 2.63. The monoisotopic (exact) mass is 338 g/mol. The van der Waals surface area contributed by atoms with Gasteiger partial charge in [0, 0.05) is 24.8 Å². The van der Waals surface area contributed by atoms with Crippen LogP contribution in [0.4, 0.5) is 5.69 Å². The molecule has 4 heteroatoms. The second kappa shape index (κ2) is 8.67. The fraction of sp³-hybridized carbons (Fsp3) is 0.381. The van der Waals surface area contributed by atoms with E-state index in [1.54, 1.807) is 0 Å². The van der Waals surface area contributed by atoms with Crippen molar-refractivity contribution < 1.29 is 9.53 Å². The molecule has 4 nitrogen and oxygen atoms in total. The van der Waals surface area contributed by atoms with E-state index in [0.29, 0.717) is 12.6 Å². The Labute approximate surface area is 149 Å². The number of nitrogens with zero attached hydrogens (tertiary/aromatic N) is 1. The third-order valence-corrected chi connectivity index (χ3v) is 4.57. The summed E-state index contributed by atoms with van der Waals surface area (Å²) in [6, 6.07) is 18.8. The Hall–Kier alpha value is -2.33. The largest absolute Gasteiger partial charge is 0.382 e. The summed E-state index contributed by atoms with van der Waals surface area (Å²) >= 11 is 0. The Balaban J connectivity index is 1.38. The number of likely N-dealkylation sites (tertiary alicyclic amines) is 1. The lowest BCUT2D eigenvalue weighted by Gasteiger charge is -2.33. The molecule has 0 bridgehead atoms. The first-order valence-corrected chi connectivity index (χ1v) is 8.93. The molecule has 0 aliphatic carbocycles. The highest BCUT2D eigenvalue weighted by atomic mass is 16.5. The Bertz CT molecular complexity index is 679. The van der Waals surface area contributed by atoms with Gasteiger partial charge in [-0.1, -0.05) is 42.5 Å². The van der Waals surface area contributed by atoms with Gasteiger partial charge >= 0.3 is 0 Å². The summed E-state index contributed by atoms with van der Waals surface area (Å²) in [7, 11) is 0. The van der Waals surface area contributed by atoms with Crippen LogP contribution < -0.4 is 5.32 Å². The Morgan fingerprint density at radius 3 is 2.60 bits per heavy atom. The van der Waals surface area contributed by atoms with Crippen LogP contribution in [0, 0.1) is 6.92 Å². The zero-order valence-corrected chi connectivity index (χ0v) is 14.8. The van der Waals surface area contributed by atoms with E-state index in [1.165, 1.54) is 5.56 Å². The predicted molar refractivity (Wildman–Crippen MR) is 101 cm³/mol. The van der Waals surface area contributed by atoms with Gasteiger partial charge in [-0.25, -0.2) is 0 Å². The molecule has 2 aromatic carbocycles. The first kappa shape index (κ1) is 17.5. The van der Waals surface area contributed by atoms with E-state index in [2.05, 4.69) is 36.5 Å². The molecule has 25 heavy (non-hydrogen) atoms. The van der Waals surface area contributed by atoms with Crippen molar-refractivity contribution in [1.29, 1.82) is 0 Å². The van der Waals surface area contributed by atoms with E-state index < -0.39 is 0 Å². The lowest BCUT2D eigenvalue weighted by molar-refractivity contribution is -0.137. The molecule has 2 aromatic rings. The second-order valence-electron chi connectivity index (χ2n) is 6.65. The van der Waals surface area contributed by atoms with Gasteiger partial charge < -0.3 is 15.0 Å². The van der Waals surface area contributed by atoms with E-state index in [4.69, 9.17) is 4.74 Å². The highest BCUT2D eigenvalue weighted by Gasteiger charge is 2.22. The fourth-order valence-corrected chi connectivity index (χ4v) is 3.17. The molecule has 0 saturated carbocycles. The molecule has 0 spiro atoms. The first-order chi connectivity index (χ1) is 12.2. The number of amides is 1. The standard InChI is InChI=1S/C21H26N2O2/c1-17-6-5-9-20(14-17)22-19-10-12-23(13-11-19)21(24)16-25-15-18-7-3-2-4-8-18/h2-9,14,19,22H,10-13,15-16H2,1H3. The van der Waals surface area contributed by atoms with E-state index in [0.717, 1.165) is 37.2 Å². The molecular formula is C21H26N2O2. The van der Waals surface area contributed by atoms with Crippen molar-refractivity contribution >= 4 is 11.6 Å². The molecule has 0 aromatic heterocycles. The van der Waals surface area contributed by atoms with E-state index in [-0.39, 0.29) is 12.5 Å². The number of anilines is 1. The molecule has 132 valence electrons. The summed E-state index contributed by atoms with van der Waals surface area (Å²) in [6.45, 7) is 4.32. The lowest BCUT2D eigenvalue weighted by Crippen LogP contribution is -2.43. The molecule has 1 heterocycles. The van der Waals surface area contributed by atoms with Gasteiger partial charge in [0.2, 0.25) is 5.91 Å². The number of piperidine rings is 1. The van der Waals surface area contributed by atoms with Crippen LogP contribution in [0.5, 0.6) is 0 Å². The molecule has 1 fully saturated rings. The normalized spacial score (nSPS) is 15.2. The summed E-state index contributed by atoms with van der Waals surface area (Å²) < 4.78 is 5.56.